The number of halogens is 1. The van der Waals surface area contributed by atoms with Crippen molar-refractivity contribution in [3.63, 3.8) is 0 Å². The predicted molar refractivity (Wildman–Crippen MR) is 83.8 cm³/mol. The molecule has 1 aliphatic rings. The zero-order chi connectivity index (χ0) is 13.2. The van der Waals surface area contributed by atoms with Crippen LogP contribution in [-0.2, 0) is 0 Å². The van der Waals surface area contributed by atoms with Gasteiger partial charge in [0, 0.05) is 20.7 Å². The molecule has 1 N–H and O–H groups in total. The molecule has 0 aromatic heterocycles. The van der Waals surface area contributed by atoms with Crippen LogP contribution in [0, 0.1) is 0 Å². The van der Waals surface area contributed by atoms with Crippen molar-refractivity contribution < 1.29 is 4.79 Å². The van der Waals surface area contributed by atoms with Crippen molar-refractivity contribution in [1.29, 1.82) is 0 Å². The fourth-order valence-electron chi connectivity index (χ4n) is 2.06. The molecule has 2 rings (SSSR count). The molecule has 1 saturated carbocycles. The summed E-state index contributed by atoms with van der Waals surface area (Å²) in [4.78, 5) is 12.8. The summed E-state index contributed by atoms with van der Waals surface area (Å²) in [5.41, 5.74) is 0.636. The summed E-state index contributed by atoms with van der Waals surface area (Å²) in [6.45, 7) is 0.746. The van der Waals surface area contributed by atoms with Gasteiger partial charge in [-0.25, -0.2) is 0 Å². The van der Waals surface area contributed by atoms with Crippen molar-refractivity contribution in [2.24, 2.45) is 0 Å². The van der Waals surface area contributed by atoms with Gasteiger partial charge in [-0.2, -0.15) is 11.8 Å². The molecular formula is C13H16BrNOS2. The van der Waals surface area contributed by atoms with Gasteiger partial charge in [-0.15, -0.1) is 12.6 Å². The van der Waals surface area contributed by atoms with Crippen LogP contribution in [0.2, 0.25) is 0 Å². The molecule has 0 spiro atoms. The number of hydrogen-bond acceptors (Lipinski definition) is 3. The lowest BCUT2D eigenvalue weighted by molar-refractivity contribution is 0.0941. The number of nitrogens with one attached hydrogen (secondary N) is 1. The second-order valence-corrected chi connectivity index (χ2v) is 7.26. The first kappa shape index (κ1) is 14.3. The molecule has 0 atom stereocenters. The molecule has 0 bridgehead atoms. The van der Waals surface area contributed by atoms with Crippen molar-refractivity contribution in [2.45, 2.75) is 28.9 Å². The van der Waals surface area contributed by atoms with E-state index in [1.54, 1.807) is 6.07 Å². The number of thioether (sulfide) groups is 1. The molecule has 0 aliphatic heterocycles. The highest BCUT2D eigenvalue weighted by Crippen LogP contribution is 2.42. The minimum Gasteiger partial charge on any atom is -0.351 e. The van der Waals surface area contributed by atoms with Crippen molar-refractivity contribution >= 4 is 46.2 Å². The summed E-state index contributed by atoms with van der Waals surface area (Å²) in [7, 11) is 0. The van der Waals surface area contributed by atoms with Gasteiger partial charge < -0.3 is 5.32 Å². The van der Waals surface area contributed by atoms with E-state index < -0.39 is 0 Å². The monoisotopic (exact) mass is 345 g/mol. The lowest BCUT2D eigenvalue weighted by Gasteiger charge is -2.40. The van der Waals surface area contributed by atoms with Gasteiger partial charge in [-0.1, -0.05) is 22.4 Å². The van der Waals surface area contributed by atoms with Crippen LogP contribution in [0.1, 0.15) is 29.6 Å². The fraction of sp³-hybridized carbons (Fsp3) is 0.462. The molecule has 0 heterocycles. The predicted octanol–water partition coefficient (Wildman–Crippen LogP) is 3.75. The lowest BCUT2D eigenvalue weighted by Crippen LogP contribution is -2.45. The number of hydrogen-bond donors (Lipinski definition) is 2. The molecule has 1 aromatic rings. The fourth-order valence-corrected chi connectivity index (χ4v) is 3.82. The van der Waals surface area contributed by atoms with Gasteiger partial charge in [-0.05, 0) is 37.3 Å². The van der Waals surface area contributed by atoms with Crippen LogP contribution < -0.4 is 5.32 Å². The van der Waals surface area contributed by atoms with E-state index in [1.807, 2.05) is 23.9 Å². The minimum atomic E-state index is -0.0344. The third-order valence-electron chi connectivity index (χ3n) is 3.47. The average Bonchev–Trinajstić information content (AvgIpc) is 2.27. The summed E-state index contributed by atoms with van der Waals surface area (Å²) in [5, 5.41) is 3.03. The first-order valence-electron chi connectivity index (χ1n) is 5.88. The van der Waals surface area contributed by atoms with Crippen molar-refractivity contribution in [3.8, 4) is 0 Å². The van der Waals surface area contributed by atoms with Crippen molar-refractivity contribution in [1.82, 2.24) is 5.32 Å². The Morgan fingerprint density at radius 1 is 1.56 bits per heavy atom. The molecule has 0 unspecified atom stereocenters. The highest BCUT2D eigenvalue weighted by Gasteiger charge is 2.36. The molecule has 0 radical (unpaired) electrons. The Kier molecular flexibility index (Phi) is 4.67. The topological polar surface area (TPSA) is 29.1 Å². The third kappa shape index (κ3) is 3.06. The quantitative estimate of drug-likeness (QED) is 0.813. The lowest BCUT2D eigenvalue weighted by atomic mass is 9.84. The first-order chi connectivity index (χ1) is 8.56. The van der Waals surface area contributed by atoms with Gasteiger partial charge >= 0.3 is 0 Å². The summed E-state index contributed by atoms with van der Waals surface area (Å²) >= 11 is 9.56. The Morgan fingerprint density at radius 3 is 2.78 bits per heavy atom. The summed E-state index contributed by atoms with van der Waals surface area (Å²) in [6.07, 6.45) is 5.78. The first-order valence-corrected chi connectivity index (χ1v) is 8.35. The molecule has 1 aromatic carbocycles. The summed E-state index contributed by atoms with van der Waals surface area (Å²) < 4.78 is 1.20. The number of thiol groups is 1. The van der Waals surface area contributed by atoms with Crippen LogP contribution in [0.3, 0.4) is 0 Å². The van der Waals surface area contributed by atoms with Crippen molar-refractivity contribution in [2.75, 3.05) is 12.8 Å². The Hall–Kier alpha value is -0.130. The van der Waals surface area contributed by atoms with Gasteiger partial charge in [0.2, 0.25) is 0 Å². The number of rotatable bonds is 4. The minimum absolute atomic E-state index is 0.0344. The van der Waals surface area contributed by atoms with E-state index in [0.29, 0.717) is 10.5 Å². The molecule has 5 heteroatoms. The van der Waals surface area contributed by atoms with Crippen LogP contribution in [-0.4, -0.2) is 23.5 Å². The van der Waals surface area contributed by atoms with E-state index in [0.717, 1.165) is 11.0 Å². The summed E-state index contributed by atoms with van der Waals surface area (Å²) in [6, 6.07) is 5.50. The van der Waals surface area contributed by atoms with E-state index in [9.17, 15) is 4.79 Å². The Balaban J connectivity index is 1.99. The molecule has 1 fully saturated rings. The van der Waals surface area contributed by atoms with Gasteiger partial charge in [0.05, 0.1) is 5.56 Å². The number of carbonyl (C=O) groups excluding carboxylic acids is 1. The Bertz CT molecular complexity index is 455. The van der Waals surface area contributed by atoms with E-state index in [1.165, 1.54) is 19.3 Å². The van der Waals surface area contributed by atoms with Crippen LogP contribution in [0.5, 0.6) is 0 Å². The highest BCUT2D eigenvalue weighted by molar-refractivity contribution is 9.10. The van der Waals surface area contributed by atoms with Crippen LogP contribution in [0.4, 0.5) is 0 Å². The number of amides is 1. The van der Waals surface area contributed by atoms with Crippen LogP contribution in [0.25, 0.3) is 0 Å². The SMILES string of the molecule is CSC1(CNC(=O)c2ccc(Br)cc2S)CCC1. The Labute approximate surface area is 126 Å². The largest absolute Gasteiger partial charge is 0.351 e. The summed E-state index contributed by atoms with van der Waals surface area (Å²) in [5.74, 6) is -0.0344. The van der Waals surface area contributed by atoms with Gasteiger partial charge in [0.1, 0.15) is 0 Å². The maximum absolute atomic E-state index is 12.1. The highest BCUT2D eigenvalue weighted by atomic mass is 79.9. The van der Waals surface area contributed by atoms with E-state index >= 15 is 0 Å². The van der Waals surface area contributed by atoms with E-state index in [2.05, 4.69) is 40.1 Å². The van der Waals surface area contributed by atoms with Crippen molar-refractivity contribution in [3.05, 3.63) is 28.2 Å². The van der Waals surface area contributed by atoms with Crippen LogP contribution in [0.15, 0.2) is 27.6 Å². The number of benzene rings is 1. The van der Waals surface area contributed by atoms with Crippen LogP contribution >= 0.6 is 40.3 Å². The molecule has 2 nitrogen and oxygen atoms in total. The molecular weight excluding hydrogens is 330 g/mol. The Morgan fingerprint density at radius 2 is 2.28 bits per heavy atom. The average molecular weight is 346 g/mol. The smallest absolute Gasteiger partial charge is 0.252 e. The second-order valence-electron chi connectivity index (χ2n) is 4.58. The zero-order valence-corrected chi connectivity index (χ0v) is 13.5. The van der Waals surface area contributed by atoms with E-state index in [-0.39, 0.29) is 10.7 Å². The third-order valence-corrected chi connectivity index (χ3v) is 5.76. The van der Waals surface area contributed by atoms with Gasteiger partial charge in [0.25, 0.3) is 5.91 Å². The van der Waals surface area contributed by atoms with Gasteiger partial charge in [-0.3, -0.25) is 4.79 Å². The molecule has 1 aliphatic carbocycles. The van der Waals surface area contributed by atoms with Gasteiger partial charge in [0.15, 0.2) is 0 Å². The van der Waals surface area contributed by atoms with E-state index in [4.69, 9.17) is 0 Å². The maximum Gasteiger partial charge on any atom is 0.252 e. The maximum atomic E-state index is 12.1. The number of carbonyl (C=O) groups is 1. The zero-order valence-electron chi connectivity index (χ0n) is 10.2. The molecule has 98 valence electrons. The standard InChI is InChI=1S/C13H16BrNOS2/c1-18-13(5-2-6-13)8-15-12(16)10-4-3-9(14)7-11(10)17/h3-4,7,17H,2,5-6,8H2,1H3,(H,15,16). The molecule has 0 saturated heterocycles. The normalized spacial score (nSPS) is 17.1. The second kappa shape index (κ2) is 5.88. The molecule has 1 amide bonds. The molecule has 18 heavy (non-hydrogen) atoms.